The summed E-state index contributed by atoms with van der Waals surface area (Å²) in [7, 11) is -0.368. The smallest absolute Gasteiger partial charge is 0.399 e. The van der Waals surface area contributed by atoms with Gasteiger partial charge in [0.05, 0.1) is 16.6 Å². The van der Waals surface area contributed by atoms with Gasteiger partial charge in [0.15, 0.2) is 0 Å². The first-order valence-corrected chi connectivity index (χ1v) is 17.8. The second-order valence-electron chi connectivity index (χ2n) is 14.9. The summed E-state index contributed by atoms with van der Waals surface area (Å²) < 4.78 is 13.2. The second-order valence-corrected chi connectivity index (χ2v) is 14.9. The van der Waals surface area contributed by atoms with Gasteiger partial charge in [-0.2, -0.15) is 0 Å². The van der Waals surface area contributed by atoms with Crippen LogP contribution in [0.2, 0.25) is 0 Å². The highest BCUT2D eigenvalue weighted by molar-refractivity contribution is 6.62. The summed E-state index contributed by atoms with van der Waals surface area (Å²) in [5.41, 5.74) is 15.9. The molecule has 1 saturated heterocycles. The highest BCUT2D eigenvalue weighted by Crippen LogP contribution is 2.57. The molecule has 2 aliphatic carbocycles. The fraction of sp³-hybridized carbons (Fsp3) is 0.217. The molecule has 6 aromatic rings. The largest absolute Gasteiger partial charge is 0.495 e. The van der Waals surface area contributed by atoms with E-state index in [1.165, 1.54) is 72.2 Å². The quantitative estimate of drug-likeness (QED) is 0.179. The zero-order chi connectivity index (χ0) is 33.4. The van der Waals surface area contributed by atoms with E-state index in [0.29, 0.717) is 0 Å². The number of rotatable bonds is 4. The minimum absolute atomic E-state index is 0.368. The van der Waals surface area contributed by atoms with E-state index in [2.05, 4.69) is 167 Å². The van der Waals surface area contributed by atoms with Crippen LogP contribution in [0.5, 0.6) is 0 Å². The van der Waals surface area contributed by atoms with Gasteiger partial charge in [-0.25, -0.2) is 0 Å². The van der Waals surface area contributed by atoms with Gasteiger partial charge in [0.2, 0.25) is 0 Å². The van der Waals surface area contributed by atoms with Crippen molar-refractivity contribution in [3.63, 3.8) is 0 Å². The van der Waals surface area contributed by atoms with Gasteiger partial charge < -0.3 is 9.31 Å². The number of hydrogen-bond donors (Lipinski definition) is 0. The van der Waals surface area contributed by atoms with Crippen LogP contribution in [0.3, 0.4) is 0 Å². The molecule has 2 nitrogen and oxygen atoms in total. The molecule has 3 aliphatic rings. The Kier molecular flexibility index (Phi) is 6.92. The van der Waals surface area contributed by atoms with Crippen LogP contribution in [0, 0.1) is 0 Å². The van der Waals surface area contributed by atoms with Gasteiger partial charge in [0.1, 0.15) is 0 Å². The summed E-state index contributed by atoms with van der Waals surface area (Å²) in [4.78, 5) is 0. The van der Waals surface area contributed by atoms with Crippen LogP contribution in [0.15, 0.2) is 140 Å². The van der Waals surface area contributed by atoms with E-state index in [-0.39, 0.29) is 18.3 Å². The Bertz CT molecular complexity index is 2160. The van der Waals surface area contributed by atoms with Gasteiger partial charge in [0.25, 0.3) is 0 Å². The van der Waals surface area contributed by atoms with Crippen molar-refractivity contribution in [1.29, 1.82) is 0 Å². The topological polar surface area (TPSA) is 18.5 Å². The average molecular weight is 637 g/mol. The Hall–Kier alpha value is -4.70. The Balaban J connectivity index is 1.23. The molecule has 0 unspecified atom stereocenters. The zero-order valence-electron chi connectivity index (χ0n) is 28.8. The number of hydrogen-bond acceptors (Lipinski definition) is 2. The van der Waals surface area contributed by atoms with Crippen LogP contribution in [0.25, 0.3) is 33.4 Å². The van der Waals surface area contributed by atoms with Crippen molar-refractivity contribution in [2.45, 2.75) is 63.6 Å². The fourth-order valence-corrected chi connectivity index (χ4v) is 8.76. The van der Waals surface area contributed by atoms with Crippen molar-refractivity contribution in [2.75, 3.05) is 0 Å². The lowest BCUT2D eigenvalue weighted by atomic mass is 9.67. The molecular formula is C46H41BO2. The van der Waals surface area contributed by atoms with Crippen LogP contribution in [-0.2, 0) is 27.6 Å². The van der Waals surface area contributed by atoms with E-state index in [0.717, 1.165) is 19.3 Å². The summed E-state index contributed by atoms with van der Waals surface area (Å²) in [5, 5.41) is 0. The molecular weight excluding hydrogens is 595 g/mol. The Morgan fingerprint density at radius 1 is 0.469 bits per heavy atom. The zero-order valence-corrected chi connectivity index (χ0v) is 28.8. The minimum Gasteiger partial charge on any atom is -0.399 e. The number of fused-ring (bicyclic) bond motifs is 6. The van der Waals surface area contributed by atoms with E-state index >= 15 is 0 Å². The highest BCUT2D eigenvalue weighted by atomic mass is 16.7. The highest BCUT2D eigenvalue weighted by Gasteiger charge is 2.52. The predicted octanol–water partition coefficient (Wildman–Crippen LogP) is 10.2. The van der Waals surface area contributed by atoms with E-state index in [1.54, 1.807) is 0 Å². The third-order valence-electron chi connectivity index (χ3n) is 11.8. The molecule has 1 heterocycles. The molecule has 0 N–H and O–H groups in total. The summed E-state index contributed by atoms with van der Waals surface area (Å²) in [5.74, 6) is 0. The first kappa shape index (κ1) is 30.4. The molecule has 3 heteroatoms. The van der Waals surface area contributed by atoms with E-state index in [4.69, 9.17) is 9.31 Å². The van der Waals surface area contributed by atoms with E-state index in [9.17, 15) is 0 Å². The molecule has 0 radical (unpaired) electrons. The first-order chi connectivity index (χ1) is 23.8. The molecule has 0 saturated carbocycles. The average Bonchev–Trinajstić information content (AvgIpc) is 3.44. The van der Waals surface area contributed by atoms with Crippen molar-refractivity contribution in [3.05, 3.63) is 173 Å². The maximum atomic E-state index is 6.58. The van der Waals surface area contributed by atoms with Crippen molar-refractivity contribution < 1.29 is 9.31 Å². The summed E-state index contributed by atoms with van der Waals surface area (Å²) in [6.07, 6.45) is 3.08. The summed E-state index contributed by atoms with van der Waals surface area (Å²) >= 11 is 0. The molecule has 0 atom stereocenters. The predicted molar refractivity (Wildman–Crippen MR) is 202 cm³/mol. The van der Waals surface area contributed by atoms with Crippen molar-refractivity contribution in [3.8, 4) is 33.4 Å². The molecule has 240 valence electrons. The minimum atomic E-state index is -0.416. The Morgan fingerprint density at radius 2 is 1.00 bits per heavy atom. The van der Waals surface area contributed by atoms with Gasteiger partial charge in [-0.15, -0.1) is 0 Å². The summed E-state index contributed by atoms with van der Waals surface area (Å²) in [6, 6.07) is 52.0. The SMILES string of the molecule is CC1(C)OB(c2cccc3c2CCCc2c(-c4ccc5c(c4)C(c4ccccc4)(c4ccccc4)c4ccccc4-5)cccc2-3)OC1(C)C. The first-order valence-electron chi connectivity index (χ1n) is 17.8. The fourth-order valence-electron chi connectivity index (χ4n) is 8.76. The van der Waals surface area contributed by atoms with Crippen LogP contribution in [-0.4, -0.2) is 18.3 Å². The number of benzene rings is 6. The van der Waals surface area contributed by atoms with Crippen LogP contribution in [0.1, 0.15) is 67.5 Å². The van der Waals surface area contributed by atoms with Crippen molar-refractivity contribution >= 4 is 12.6 Å². The van der Waals surface area contributed by atoms with Crippen molar-refractivity contribution in [1.82, 2.24) is 0 Å². The monoisotopic (exact) mass is 636 g/mol. The molecule has 1 aliphatic heterocycles. The lowest BCUT2D eigenvalue weighted by Crippen LogP contribution is -2.41. The van der Waals surface area contributed by atoms with Crippen LogP contribution >= 0.6 is 0 Å². The maximum Gasteiger partial charge on any atom is 0.495 e. The van der Waals surface area contributed by atoms with Crippen molar-refractivity contribution in [2.24, 2.45) is 0 Å². The normalized spacial score (nSPS) is 17.8. The van der Waals surface area contributed by atoms with Gasteiger partial charge in [-0.05, 0) is 125 Å². The van der Waals surface area contributed by atoms with Crippen LogP contribution in [0.4, 0.5) is 0 Å². The molecule has 49 heavy (non-hydrogen) atoms. The van der Waals surface area contributed by atoms with Gasteiger partial charge in [-0.3, -0.25) is 0 Å². The standard InChI is InChI=1S/C46H41BO2/c1-44(2)45(3,4)49-47(48-44)43-27-15-24-37-36-23-13-21-34(35(36)22-14-25-40(37)43)31-28-29-39-38-20-11-12-26-41(38)46(42(39)30-31,32-16-7-5-8-17-32)33-18-9-6-10-19-33/h5-13,15-21,23-24,26-30H,14,22,25H2,1-4H3. The van der Waals surface area contributed by atoms with Gasteiger partial charge in [-0.1, -0.05) is 133 Å². The third-order valence-corrected chi connectivity index (χ3v) is 11.8. The van der Waals surface area contributed by atoms with E-state index in [1.807, 2.05) is 0 Å². The molecule has 0 bridgehead atoms. The molecule has 0 spiro atoms. The third kappa shape index (κ3) is 4.49. The maximum absolute atomic E-state index is 6.58. The Morgan fingerprint density at radius 3 is 1.69 bits per heavy atom. The molecule has 0 amide bonds. The van der Waals surface area contributed by atoms with Gasteiger partial charge >= 0.3 is 7.12 Å². The molecule has 6 aromatic carbocycles. The summed E-state index contributed by atoms with van der Waals surface area (Å²) in [6.45, 7) is 8.54. The molecule has 9 rings (SSSR count). The molecule has 0 aromatic heterocycles. The molecule has 1 fully saturated rings. The second kappa shape index (κ2) is 11.2. The Labute approximate surface area is 290 Å². The van der Waals surface area contributed by atoms with Gasteiger partial charge in [0, 0.05) is 0 Å². The van der Waals surface area contributed by atoms with Crippen LogP contribution < -0.4 is 5.46 Å². The lowest BCUT2D eigenvalue weighted by molar-refractivity contribution is 0.00578. The lowest BCUT2D eigenvalue weighted by Gasteiger charge is -2.34. The van der Waals surface area contributed by atoms with E-state index < -0.39 is 5.41 Å².